The maximum atomic E-state index is 12.7. The lowest BCUT2D eigenvalue weighted by atomic mass is 10.3. The van der Waals surface area contributed by atoms with Crippen molar-refractivity contribution in [1.82, 2.24) is 14.9 Å². The molecule has 0 amide bonds. The van der Waals surface area contributed by atoms with Crippen LogP contribution in [-0.2, 0) is 10.9 Å². The predicted octanol–water partition coefficient (Wildman–Crippen LogP) is 3.60. The minimum atomic E-state index is -4.59. The molecular formula is C17H18ClF3N4O2. The van der Waals surface area contributed by atoms with Crippen LogP contribution in [0.25, 0.3) is 0 Å². The Morgan fingerprint density at radius 2 is 2.04 bits per heavy atom. The topological polar surface area (TPSA) is 59.5 Å². The van der Waals surface area contributed by atoms with Crippen molar-refractivity contribution in [2.75, 3.05) is 44.8 Å². The number of anilines is 2. The quantitative estimate of drug-likeness (QED) is 0.745. The average Bonchev–Trinajstić information content (AvgIpc) is 2.62. The van der Waals surface area contributed by atoms with Gasteiger partial charge >= 0.3 is 6.18 Å². The van der Waals surface area contributed by atoms with Gasteiger partial charge in [-0.3, -0.25) is 4.90 Å². The number of halogens is 4. The number of nitrogens with one attached hydrogen (secondary N) is 1. The van der Waals surface area contributed by atoms with Gasteiger partial charge in [-0.2, -0.15) is 13.2 Å². The van der Waals surface area contributed by atoms with Crippen molar-refractivity contribution in [2.24, 2.45) is 0 Å². The van der Waals surface area contributed by atoms with Gasteiger partial charge in [0.25, 0.3) is 0 Å². The summed E-state index contributed by atoms with van der Waals surface area (Å²) in [6.07, 6.45) is -3.94. The Bertz CT molecular complexity index is 770. The molecule has 1 saturated heterocycles. The summed E-state index contributed by atoms with van der Waals surface area (Å²) >= 11 is 5.60. The smallest absolute Gasteiger partial charge is 0.420 e. The largest absolute Gasteiger partial charge is 0.492 e. The van der Waals surface area contributed by atoms with E-state index in [9.17, 15) is 13.2 Å². The van der Waals surface area contributed by atoms with Gasteiger partial charge in [0.1, 0.15) is 23.1 Å². The summed E-state index contributed by atoms with van der Waals surface area (Å²) in [6.45, 7) is 4.54. The van der Waals surface area contributed by atoms with Crippen molar-refractivity contribution >= 4 is 23.2 Å². The average molecular weight is 403 g/mol. The zero-order valence-corrected chi connectivity index (χ0v) is 15.1. The maximum absolute atomic E-state index is 12.7. The van der Waals surface area contributed by atoms with Crippen LogP contribution in [0.2, 0.25) is 5.15 Å². The molecule has 1 aromatic heterocycles. The lowest BCUT2D eigenvalue weighted by Gasteiger charge is -2.26. The molecule has 0 atom stereocenters. The minimum Gasteiger partial charge on any atom is -0.492 e. The van der Waals surface area contributed by atoms with Crippen LogP contribution in [0, 0.1) is 0 Å². The van der Waals surface area contributed by atoms with Gasteiger partial charge in [-0.15, -0.1) is 0 Å². The second-order valence-corrected chi connectivity index (χ2v) is 6.21. The molecule has 1 fully saturated rings. The fourth-order valence-corrected chi connectivity index (χ4v) is 2.76. The van der Waals surface area contributed by atoms with E-state index in [-0.39, 0.29) is 5.95 Å². The normalized spacial score (nSPS) is 15.6. The third-order valence-electron chi connectivity index (χ3n) is 3.92. The van der Waals surface area contributed by atoms with E-state index in [0.717, 1.165) is 32.8 Å². The number of ether oxygens (including phenoxy) is 2. The van der Waals surface area contributed by atoms with E-state index in [2.05, 4.69) is 20.2 Å². The zero-order chi connectivity index (χ0) is 19.3. The van der Waals surface area contributed by atoms with E-state index >= 15 is 0 Å². The number of aromatic nitrogens is 2. The van der Waals surface area contributed by atoms with Crippen molar-refractivity contribution in [2.45, 2.75) is 6.18 Å². The Morgan fingerprint density at radius 3 is 2.74 bits per heavy atom. The summed E-state index contributed by atoms with van der Waals surface area (Å²) in [4.78, 5) is 9.57. The van der Waals surface area contributed by atoms with Crippen LogP contribution < -0.4 is 10.1 Å². The SMILES string of the molecule is FC(F)(F)c1cnc(Nc2cccc(OCCN3CCOCC3)c2)nc1Cl. The molecule has 1 aromatic carbocycles. The lowest BCUT2D eigenvalue weighted by molar-refractivity contribution is -0.137. The lowest BCUT2D eigenvalue weighted by Crippen LogP contribution is -2.38. The summed E-state index contributed by atoms with van der Waals surface area (Å²) in [5, 5.41) is 2.17. The Labute approximate surface area is 159 Å². The third-order valence-corrected chi connectivity index (χ3v) is 4.21. The Morgan fingerprint density at radius 1 is 1.26 bits per heavy atom. The molecule has 10 heteroatoms. The molecule has 1 aliphatic heterocycles. The van der Waals surface area contributed by atoms with Crippen LogP contribution in [0.4, 0.5) is 24.8 Å². The maximum Gasteiger partial charge on any atom is 0.420 e. The molecule has 0 aliphatic carbocycles. The van der Waals surface area contributed by atoms with Gasteiger partial charge in [-0.05, 0) is 12.1 Å². The van der Waals surface area contributed by atoms with E-state index in [4.69, 9.17) is 21.1 Å². The summed E-state index contributed by atoms with van der Waals surface area (Å²) in [6, 6.07) is 7.00. The Balaban J connectivity index is 1.58. The molecule has 27 heavy (non-hydrogen) atoms. The van der Waals surface area contributed by atoms with Crippen LogP contribution in [0.15, 0.2) is 30.5 Å². The van der Waals surface area contributed by atoms with Gasteiger partial charge in [0.05, 0.1) is 13.2 Å². The molecular weight excluding hydrogens is 385 g/mol. The van der Waals surface area contributed by atoms with Crippen molar-refractivity contribution in [3.8, 4) is 5.75 Å². The summed E-state index contributed by atoms with van der Waals surface area (Å²) in [5.41, 5.74) is -0.496. The van der Waals surface area contributed by atoms with E-state index in [1.165, 1.54) is 0 Å². The van der Waals surface area contributed by atoms with Crippen molar-refractivity contribution in [1.29, 1.82) is 0 Å². The molecule has 1 aliphatic rings. The first-order valence-corrected chi connectivity index (χ1v) is 8.69. The molecule has 146 valence electrons. The fraction of sp³-hybridized carbons (Fsp3) is 0.412. The molecule has 0 saturated carbocycles. The fourth-order valence-electron chi connectivity index (χ4n) is 2.52. The van der Waals surface area contributed by atoms with E-state index in [0.29, 0.717) is 24.2 Å². The van der Waals surface area contributed by atoms with Crippen molar-refractivity contribution in [3.05, 3.63) is 41.2 Å². The first kappa shape index (κ1) is 19.7. The summed E-state index contributed by atoms with van der Waals surface area (Å²) in [7, 11) is 0. The molecule has 0 spiro atoms. The number of nitrogens with zero attached hydrogens (tertiary/aromatic N) is 3. The minimum absolute atomic E-state index is 0.0292. The first-order chi connectivity index (χ1) is 12.9. The summed E-state index contributed by atoms with van der Waals surface area (Å²) < 4.78 is 49.1. The van der Waals surface area contributed by atoms with Gasteiger partial charge in [-0.25, -0.2) is 9.97 Å². The molecule has 2 aromatic rings. The predicted molar refractivity (Wildman–Crippen MR) is 94.5 cm³/mol. The van der Waals surface area contributed by atoms with Gasteiger partial charge < -0.3 is 14.8 Å². The van der Waals surface area contributed by atoms with Crippen LogP contribution in [0.5, 0.6) is 5.75 Å². The monoisotopic (exact) mass is 402 g/mol. The van der Waals surface area contributed by atoms with E-state index < -0.39 is 16.9 Å². The first-order valence-electron chi connectivity index (χ1n) is 8.31. The second-order valence-electron chi connectivity index (χ2n) is 5.85. The molecule has 0 bridgehead atoms. The Hall–Kier alpha value is -2.10. The second kappa shape index (κ2) is 8.73. The van der Waals surface area contributed by atoms with Crippen LogP contribution >= 0.6 is 11.6 Å². The van der Waals surface area contributed by atoms with Gasteiger partial charge in [0, 0.05) is 37.6 Å². The van der Waals surface area contributed by atoms with Crippen molar-refractivity contribution < 1.29 is 22.6 Å². The molecule has 3 rings (SSSR count). The molecule has 0 radical (unpaired) electrons. The third kappa shape index (κ3) is 5.69. The highest BCUT2D eigenvalue weighted by Gasteiger charge is 2.34. The van der Waals surface area contributed by atoms with Crippen LogP contribution in [0.1, 0.15) is 5.56 Å². The van der Waals surface area contributed by atoms with E-state index in [1.807, 2.05) is 0 Å². The number of hydrogen-bond donors (Lipinski definition) is 1. The highest BCUT2D eigenvalue weighted by Crippen LogP contribution is 2.33. The molecule has 2 heterocycles. The van der Waals surface area contributed by atoms with Crippen molar-refractivity contribution in [3.63, 3.8) is 0 Å². The molecule has 0 unspecified atom stereocenters. The van der Waals surface area contributed by atoms with Gasteiger partial charge in [0.15, 0.2) is 0 Å². The standard InChI is InChI=1S/C17H18ClF3N4O2/c18-15-14(17(19,20)21)11-22-16(24-15)23-12-2-1-3-13(10-12)27-9-6-25-4-7-26-8-5-25/h1-3,10-11H,4-9H2,(H,22,23,24). The number of hydrogen-bond acceptors (Lipinski definition) is 6. The van der Waals surface area contributed by atoms with Gasteiger partial charge in [0.2, 0.25) is 5.95 Å². The van der Waals surface area contributed by atoms with Gasteiger partial charge in [-0.1, -0.05) is 17.7 Å². The number of rotatable bonds is 6. The van der Waals surface area contributed by atoms with Crippen LogP contribution in [-0.4, -0.2) is 54.3 Å². The molecule has 6 nitrogen and oxygen atoms in total. The highest BCUT2D eigenvalue weighted by molar-refractivity contribution is 6.30. The zero-order valence-electron chi connectivity index (χ0n) is 14.3. The summed E-state index contributed by atoms with van der Waals surface area (Å²) in [5.74, 6) is 0.602. The number of benzene rings is 1. The van der Waals surface area contributed by atoms with E-state index in [1.54, 1.807) is 24.3 Å². The molecule has 1 N–H and O–H groups in total. The number of alkyl halides is 3. The number of morpholine rings is 1. The Kier molecular flexibility index (Phi) is 6.35. The highest BCUT2D eigenvalue weighted by atomic mass is 35.5. The van der Waals surface area contributed by atoms with Crippen LogP contribution in [0.3, 0.4) is 0 Å².